The first kappa shape index (κ1) is 27.3. The van der Waals surface area contributed by atoms with E-state index in [-0.39, 0.29) is 42.2 Å². The Morgan fingerprint density at radius 2 is 1.72 bits per heavy atom. The van der Waals surface area contributed by atoms with Gasteiger partial charge in [0.05, 0.1) is 12.6 Å². The van der Waals surface area contributed by atoms with Crippen LogP contribution in [-0.4, -0.2) is 49.8 Å². The van der Waals surface area contributed by atoms with Crippen LogP contribution in [0.15, 0.2) is 29.3 Å². The number of guanidine groups is 1. The van der Waals surface area contributed by atoms with Crippen LogP contribution in [0.1, 0.15) is 39.4 Å². The van der Waals surface area contributed by atoms with Gasteiger partial charge in [-0.3, -0.25) is 9.79 Å². The van der Waals surface area contributed by atoms with E-state index < -0.39 is 18.1 Å². The van der Waals surface area contributed by atoms with Crippen molar-refractivity contribution in [1.82, 2.24) is 16.0 Å². The molecule has 0 bridgehead atoms. The van der Waals surface area contributed by atoms with Crippen LogP contribution in [0.4, 0.5) is 8.78 Å². The average molecular weight is 528 g/mol. The number of rotatable bonds is 9. The number of hydrogen-bond donors (Lipinski definition) is 4. The minimum absolute atomic E-state index is 0. The van der Waals surface area contributed by atoms with Gasteiger partial charge in [0, 0.05) is 25.0 Å². The average Bonchev–Trinajstić information content (AvgIpc) is 2.61. The van der Waals surface area contributed by atoms with Crippen molar-refractivity contribution < 1.29 is 23.4 Å². The summed E-state index contributed by atoms with van der Waals surface area (Å²) in [5.41, 5.74) is 0.0946. The lowest BCUT2D eigenvalue weighted by molar-refractivity contribution is -0.128. The molecule has 1 aromatic carbocycles. The minimum Gasteiger partial charge on any atom is -0.435 e. The Labute approximate surface area is 187 Å². The summed E-state index contributed by atoms with van der Waals surface area (Å²) in [6.07, 6.45) is -0.892. The van der Waals surface area contributed by atoms with E-state index >= 15 is 0 Å². The Morgan fingerprint density at radius 1 is 1.14 bits per heavy atom. The van der Waals surface area contributed by atoms with E-state index in [2.05, 4.69) is 25.7 Å². The lowest BCUT2D eigenvalue weighted by Gasteiger charge is -2.18. The fourth-order valence-corrected chi connectivity index (χ4v) is 2.12. The monoisotopic (exact) mass is 528 g/mol. The largest absolute Gasteiger partial charge is 0.435 e. The maximum atomic E-state index is 12.2. The molecular weight excluding hydrogens is 497 g/mol. The SMILES string of the molecule is CCNC(=NCC(O)c1ccc(OC(F)F)cc1)NCCNC(=O)C(C)(C)C.I. The van der Waals surface area contributed by atoms with Crippen molar-refractivity contribution in [3.05, 3.63) is 29.8 Å². The van der Waals surface area contributed by atoms with Crippen LogP contribution < -0.4 is 20.7 Å². The third-order valence-corrected chi connectivity index (χ3v) is 3.64. The summed E-state index contributed by atoms with van der Waals surface area (Å²) in [6, 6.07) is 5.77. The van der Waals surface area contributed by atoms with Crippen LogP contribution in [0.25, 0.3) is 0 Å². The fourth-order valence-electron chi connectivity index (χ4n) is 2.12. The molecule has 1 atom stereocenters. The van der Waals surface area contributed by atoms with Crippen LogP contribution in [0.5, 0.6) is 5.75 Å². The Bertz CT molecular complexity index is 637. The highest BCUT2D eigenvalue weighted by molar-refractivity contribution is 14.0. The molecule has 0 aromatic heterocycles. The first-order valence-electron chi connectivity index (χ1n) is 9.16. The molecule has 10 heteroatoms. The third-order valence-electron chi connectivity index (χ3n) is 3.64. The highest BCUT2D eigenvalue weighted by atomic mass is 127. The molecule has 0 radical (unpaired) electrons. The Kier molecular flexibility index (Phi) is 12.7. The first-order valence-corrected chi connectivity index (χ1v) is 9.16. The van der Waals surface area contributed by atoms with E-state index in [0.717, 1.165) is 0 Å². The van der Waals surface area contributed by atoms with Gasteiger partial charge in [0.2, 0.25) is 5.91 Å². The molecule has 1 unspecified atom stereocenters. The van der Waals surface area contributed by atoms with Gasteiger partial charge in [0.1, 0.15) is 5.75 Å². The smallest absolute Gasteiger partial charge is 0.387 e. The topological polar surface area (TPSA) is 95.0 Å². The molecule has 166 valence electrons. The van der Waals surface area contributed by atoms with Crippen LogP contribution in [0.2, 0.25) is 0 Å². The van der Waals surface area contributed by atoms with Gasteiger partial charge in [-0.15, -0.1) is 24.0 Å². The number of carbonyl (C=O) groups excluding carboxylic acids is 1. The molecule has 1 amide bonds. The number of halogens is 3. The number of nitrogens with zero attached hydrogens (tertiary/aromatic N) is 1. The summed E-state index contributed by atoms with van der Waals surface area (Å²) in [7, 11) is 0. The Hall–Kier alpha value is -1.69. The van der Waals surface area contributed by atoms with E-state index in [1.54, 1.807) is 0 Å². The van der Waals surface area contributed by atoms with Crippen molar-refractivity contribution in [2.24, 2.45) is 10.4 Å². The molecule has 0 heterocycles. The van der Waals surface area contributed by atoms with E-state index in [1.165, 1.54) is 24.3 Å². The minimum atomic E-state index is -2.89. The molecule has 0 saturated heterocycles. The second-order valence-electron chi connectivity index (χ2n) is 7.12. The van der Waals surface area contributed by atoms with Gasteiger partial charge in [-0.05, 0) is 24.6 Å². The zero-order chi connectivity index (χ0) is 21.2. The fraction of sp³-hybridized carbons (Fsp3) is 0.579. The van der Waals surface area contributed by atoms with Crippen LogP contribution in [0, 0.1) is 5.41 Å². The Balaban J connectivity index is 0.00000784. The molecule has 0 aliphatic rings. The van der Waals surface area contributed by atoms with Crippen molar-refractivity contribution in [1.29, 1.82) is 0 Å². The van der Waals surface area contributed by atoms with Crippen LogP contribution >= 0.6 is 24.0 Å². The molecular formula is C19H31F2IN4O3. The number of alkyl halides is 2. The molecule has 1 aromatic rings. The lowest BCUT2D eigenvalue weighted by Crippen LogP contribution is -2.43. The predicted molar refractivity (Wildman–Crippen MR) is 120 cm³/mol. The van der Waals surface area contributed by atoms with Crippen molar-refractivity contribution in [3.8, 4) is 5.75 Å². The maximum absolute atomic E-state index is 12.2. The number of aliphatic hydroxyl groups is 1. The van der Waals surface area contributed by atoms with Crippen molar-refractivity contribution >= 4 is 35.8 Å². The number of carbonyl (C=O) groups is 1. The molecule has 0 aliphatic heterocycles. The van der Waals surface area contributed by atoms with E-state index in [4.69, 9.17) is 0 Å². The second-order valence-corrected chi connectivity index (χ2v) is 7.12. The first-order chi connectivity index (χ1) is 13.1. The predicted octanol–water partition coefficient (Wildman–Crippen LogP) is 2.66. The maximum Gasteiger partial charge on any atom is 0.387 e. The zero-order valence-electron chi connectivity index (χ0n) is 17.2. The van der Waals surface area contributed by atoms with Gasteiger partial charge in [-0.25, -0.2) is 0 Å². The number of nitrogens with one attached hydrogen (secondary N) is 3. The summed E-state index contributed by atoms with van der Waals surface area (Å²) < 4.78 is 28.6. The van der Waals surface area contributed by atoms with Crippen LogP contribution in [-0.2, 0) is 4.79 Å². The number of hydrogen-bond acceptors (Lipinski definition) is 4. The molecule has 0 fully saturated rings. The summed E-state index contributed by atoms with van der Waals surface area (Å²) in [5.74, 6) is 0.497. The van der Waals surface area contributed by atoms with Gasteiger partial charge in [-0.2, -0.15) is 8.78 Å². The zero-order valence-corrected chi connectivity index (χ0v) is 19.5. The van der Waals surface area contributed by atoms with Gasteiger partial charge in [0.15, 0.2) is 5.96 Å². The molecule has 7 nitrogen and oxygen atoms in total. The Morgan fingerprint density at radius 3 is 2.24 bits per heavy atom. The van der Waals surface area contributed by atoms with E-state index in [1.807, 2.05) is 27.7 Å². The van der Waals surface area contributed by atoms with E-state index in [9.17, 15) is 18.7 Å². The third kappa shape index (κ3) is 11.2. The molecule has 1 rings (SSSR count). The van der Waals surface area contributed by atoms with Crippen LogP contribution in [0.3, 0.4) is 0 Å². The van der Waals surface area contributed by atoms with Gasteiger partial charge < -0.3 is 25.8 Å². The van der Waals surface area contributed by atoms with Crippen molar-refractivity contribution in [2.75, 3.05) is 26.2 Å². The van der Waals surface area contributed by atoms with Crippen molar-refractivity contribution in [3.63, 3.8) is 0 Å². The number of benzene rings is 1. The number of aliphatic imine (C=N–C) groups is 1. The molecule has 29 heavy (non-hydrogen) atoms. The summed E-state index contributed by atoms with van der Waals surface area (Å²) in [6.45, 7) is 6.18. The summed E-state index contributed by atoms with van der Waals surface area (Å²) in [4.78, 5) is 16.1. The molecule has 4 N–H and O–H groups in total. The molecule has 0 aliphatic carbocycles. The van der Waals surface area contributed by atoms with Gasteiger partial charge in [0.25, 0.3) is 0 Å². The quantitative estimate of drug-likeness (QED) is 0.171. The van der Waals surface area contributed by atoms with Gasteiger partial charge >= 0.3 is 6.61 Å². The summed E-state index contributed by atoms with van der Waals surface area (Å²) in [5, 5.41) is 19.2. The number of amides is 1. The molecule has 0 spiro atoms. The highest BCUT2D eigenvalue weighted by Crippen LogP contribution is 2.19. The van der Waals surface area contributed by atoms with Gasteiger partial charge in [-0.1, -0.05) is 32.9 Å². The van der Waals surface area contributed by atoms with E-state index in [0.29, 0.717) is 31.2 Å². The number of ether oxygens (including phenoxy) is 1. The highest BCUT2D eigenvalue weighted by Gasteiger charge is 2.20. The summed E-state index contributed by atoms with van der Waals surface area (Å²) >= 11 is 0. The standard InChI is InChI=1S/C19H30F2N4O3.HI/c1-5-22-18(24-11-10-23-16(27)19(2,3)4)25-12-15(26)13-6-8-14(9-7-13)28-17(20)21;/h6-9,15,17,26H,5,10-12H2,1-4H3,(H,23,27)(H2,22,24,25);1H. The number of aliphatic hydroxyl groups excluding tert-OH is 1. The molecule has 0 saturated carbocycles. The normalized spacial score (nSPS) is 12.8. The van der Waals surface area contributed by atoms with Crippen molar-refractivity contribution in [2.45, 2.75) is 40.4 Å². The second kappa shape index (κ2) is 13.5. The lowest BCUT2D eigenvalue weighted by atomic mass is 9.96.